The summed E-state index contributed by atoms with van der Waals surface area (Å²) in [6.07, 6.45) is 3.37. The van der Waals surface area contributed by atoms with E-state index in [9.17, 15) is 9.59 Å². The number of hydrogen-bond donors (Lipinski definition) is 2. The van der Waals surface area contributed by atoms with Crippen molar-refractivity contribution >= 4 is 34.7 Å². The van der Waals surface area contributed by atoms with Crippen LogP contribution in [0.2, 0.25) is 10.0 Å². The summed E-state index contributed by atoms with van der Waals surface area (Å²) < 4.78 is 5.45. The number of carboxylic acid groups (broad SMARTS) is 1. The number of pyridine rings is 1. The molecule has 2 aromatic rings. The SMILES string of the molecule is O=C(O)CCc1ccc(/C(=C\C2CCOC2)c2ccc(Cl)c(=O)[nH]2)cc1Cl. The van der Waals surface area contributed by atoms with E-state index in [0.29, 0.717) is 30.4 Å². The van der Waals surface area contributed by atoms with Gasteiger partial charge in [0.15, 0.2) is 0 Å². The minimum absolute atomic E-state index is 0.0195. The Morgan fingerprint density at radius 3 is 2.70 bits per heavy atom. The lowest BCUT2D eigenvalue weighted by atomic mass is 9.95. The number of aliphatic carboxylic acids is 1. The molecule has 27 heavy (non-hydrogen) atoms. The van der Waals surface area contributed by atoms with Crippen LogP contribution in [-0.2, 0) is 16.0 Å². The minimum Gasteiger partial charge on any atom is -0.481 e. The van der Waals surface area contributed by atoms with Gasteiger partial charge in [-0.25, -0.2) is 0 Å². The zero-order chi connectivity index (χ0) is 19.4. The first-order valence-electron chi connectivity index (χ1n) is 8.63. The van der Waals surface area contributed by atoms with Crippen LogP contribution in [0.1, 0.15) is 29.7 Å². The Hall–Kier alpha value is -2.08. The quantitative estimate of drug-likeness (QED) is 0.752. The van der Waals surface area contributed by atoms with Crippen molar-refractivity contribution in [1.82, 2.24) is 4.98 Å². The minimum atomic E-state index is -0.865. The van der Waals surface area contributed by atoms with Crippen molar-refractivity contribution in [3.05, 3.63) is 73.6 Å². The zero-order valence-corrected chi connectivity index (χ0v) is 16.0. The Morgan fingerprint density at radius 2 is 2.07 bits per heavy atom. The van der Waals surface area contributed by atoms with Gasteiger partial charge >= 0.3 is 5.97 Å². The number of H-pyrrole nitrogens is 1. The van der Waals surface area contributed by atoms with E-state index >= 15 is 0 Å². The molecule has 142 valence electrons. The number of ether oxygens (including phenoxy) is 1. The zero-order valence-electron chi connectivity index (χ0n) is 14.5. The number of nitrogens with one attached hydrogen (secondary N) is 1. The van der Waals surface area contributed by atoms with Crippen LogP contribution in [0.5, 0.6) is 0 Å². The van der Waals surface area contributed by atoms with Crippen LogP contribution in [-0.4, -0.2) is 29.3 Å². The molecule has 0 saturated carbocycles. The number of aryl methyl sites for hydroxylation is 1. The molecule has 0 bridgehead atoms. The Labute approximate surface area is 166 Å². The summed E-state index contributed by atoms with van der Waals surface area (Å²) in [4.78, 5) is 25.6. The third-order valence-electron chi connectivity index (χ3n) is 4.49. The van der Waals surface area contributed by atoms with E-state index in [1.807, 2.05) is 12.1 Å². The Bertz CT molecular complexity index is 930. The van der Waals surface area contributed by atoms with Gasteiger partial charge in [-0.3, -0.25) is 9.59 Å². The predicted octanol–water partition coefficient (Wildman–Crippen LogP) is 4.17. The highest BCUT2D eigenvalue weighted by molar-refractivity contribution is 6.31. The molecule has 0 aliphatic carbocycles. The number of hydrogen-bond acceptors (Lipinski definition) is 3. The first kappa shape index (κ1) is 19.7. The van der Waals surface area contributed by atoms with Crippen LogP contribution in [0.3, 0.4) is 0 Å². The first-order chi connectivity index (χ1) is 12.9. The number of halogens is 2. The van der Waals surface area contributed by atoms with E-state index in [4.69, 9.17) is 33.0 Å². The Balaban J connectivity index is 1.99. The van der Waals surface area contributed by atoms with Gasteiger partial charge in [0.2, 0.25) is 0 Å². The Morgan fingerprint density at radius 1 is 1.26 bits per heavy atom. The van der Waals surface area contributed by atoms with Crippen LogP contribution >= 0.6 is 23.2 Å². The monoisotopic (exact) mass is 407 g/mol. The third-order valence-corrected chi connectivity index (χ3v) is 5.14. The number of aromatic nitrogens is 1. The number of aromatic amines is 1. The molecule has 1 aliphatic heterocycles. The van der Waals surface area contributed by atoms with Crippen molar-refractivity contribution in [1.29, 1.82) is 0 Å². The van der Waals surface area contributed by atoms with Crippen molar-refractivity contribution in [2.45, 2.75) is 19.3 Å². The maximum absolute atomic E-state index is 12.0. The van der Waals surface area contributed by atoms with Gasteiger partial charge in [0.25, 0.3) is 5.56 Å². The summed E-state index contributed by atoms with van der Waals surface area (Å²) >= 11 is 12.2. The summed E-state index contributed by atoms with van der Waals surface area (Å²) in [5, 5.41) is 9.48. The summed E-state index contributed by atoms with van der Waals surface area (Å²) in [7, 11) is 0. The van der Waals surface area contributed by atoms with Gasteiger partial charge in [0, 0.05) is 35.2 Å². The molecule has 2 N–H and O–H groups in total. The number of carbonyl (C=O) groups is 1. The average Bonchev–Trinajstić information content (AvgIpc) is 3.14. The third kappa shape index (κ3) is 5.01. The molecular weight excluding hydrogens is 389 g/mol. The van der Waals surface area contributed by atoms with Gasteiger partial charge in [-0.15, -0.1) is 0 Å². The molecule has 1 fully saturated rings. The molecule has 3 rings (SSSR count). The molecule has 0 amide bonds. The molecule has 1 unspecified atom stereocenters. The van der Waals surface area contributed by atoms with Crippen LogP contribution in [0, 0.1) is 5.92 Å². The standard InChI is InChI=1S/C20H19Cl2NO4/c21-16-4-5-18(23-20(16)26)15(9-12-7-8-27-11-12)14-2-1-13(17(22)10-14)3-6-19(24)25/h1-2,4-5,9-10,12H,3,6-8,11H2,(H,23,26)(H,24,25)/b15-9+. The fraction of sp³-hybridized carbons (Fsp3) is 0.300. The lowest BCUT2D eigenvalue weighted by molar-refractivity contribution is -0.136. The van der Waals surface area contributed by atoms with Crippen LogP contribution in [0.15, 0.2) is 41.2 Å². The molecule has 1 aromatic carbocycles. The molecule has 7 heteroatoms. The highest BCUT2D eigenvalue weighted by Crippen LogP contribution is 2.30. The van der Waals surface area contributed by atoms with Gasteiger partial charge in [-0.05, 0) is 42.2 Å². The number of benzene rings is 1. The maximum atomic E-state index is 12.0. The molecule has 1 aromatic heterocycles. The van der Waals surface area contributed by atoms with Crippen molar-refractivity contribution in [3.8, 4) is 0 Å². The molecule has 0 radical (unpaired) electrons. The van der Waals surface area contributed by atoms with Crippen LogP contribution in [0.25, 0.3) is 5.57 Å². The highest BCUT2D eigenvalue weighted by atomic mass is 35.5. The highest BCUT2D eigenvalue weighted by Gasteiger charge is 2.17. The number of rotatable bonds is 6. The van der Waals surface area contributed by atoms with Crippen molar-refractivity contribution < 1.29 is 14.6 Å². The van der Waals surface area contributed by atoms with Crippen LogP contribution < -0.4 is 5.56 Å². The van der Waals surface area contributed by atoms with Crippen molar-refractivity contribution in [2.24, 2.45) is 5.92 Å². The Kier molecular flexibility index (Phi) is 6.37. The predicted molar refractivity (Wildman–Crippen MR) is 105 cm³/mol. The van der Waals surface area contributed by atoms with Gasteiger partial charge in [0.1, 0.15) is 5.02 Å². The molecule has 2 heterocycles. The van der Waals surface area contributed by atoms with E-state index in [1.54, 1.807) is 18.2 Å². The molecule has 1 atom stereocenters. The topological polar surface area (TPSA) is 79.4 Å². The van der Waals surface area contributed by atoms with E-state index in [2.05, 4.69) is 11.1 Å². The molecule has 5 nitrogen and oxygen atoms in total. The second-order valence-electron chi connectivity index (χ2n) is 6.45. The molecular formula is C20H19Cl2NO4. The molecule has 0 spiro atoms. The van der Waals surface area contributed by atoms with Crippen molar-refractivity contribution in [3.63, 3.8) is 0 Å². The maximum Gasteiger partial charge on any atom is 0.303 e. The van der Waals surface area contributed by atoms with Gasteiger partial charge in [-0.1, -0.05) is 41.4 Å². The lowest BCUT2D eigenvalue weighted by Crippen LogP contribution is -2.09. The fourth-order valence-corrected chi connectivity index (χ4v) is 3.42. The molecule has 1 saturated heterocycles. The van der Waals surface area contributed by atoms with E-state index < -0.39 is 5.97 Å². The second kappa shape index (κ2) is 8.74. The lowest BCUT2D eigenvalue weighted by Gasteiger charge is -2.13. The summed E-state index contributed by atoms with van der Waals surface area (Å²) in [5.74, 6) is -0.625. The summed E-state index contributed by atoms with van der Waals surface area (Å²) in [6, 6.07) is 8.84. The van der Waals surface area contributed by atoms with E-state index in [1.165, 1.54) is 0 Å². The van der Waals surface area contributed by atoms with E-state index in [0.717, 1.165) is 23.1 Å². The first-order valence-corrected chi connectivity index (χ1v) is 9.39. The van der Waals surface area contributed by atoms with Gasteiger partial charge < -0.3 is 14.8 Å². The fourth-order valence-electron chi connectivity index (χ4n) is 3.03. The van der Waals surface area contributed by atoms with Gasteiger partial charge in [-0.2, -0.15) is 0 Å². The van der Waals surface area contributed by atoms with Gasteiger partial charge in [0.05, 0.1) is 6.61 Å². The largest absolute Gasteiger partial charge is 0.481 e. The second-order valence-corrected chi connectivity index (χ2v) is 7.27. The van der Waals surface area contributed by atoms with Crippen LogP contribution in [0.4, 0.5) is 0 Å². The smallest absolute Gasteiger partial charge is 0.303 e. The average molecular weight is 408 g/mol. The summed E-state index contributed by atoms with van der Waals surface area (Å²) in [6.45, 7) is 1.34. The number of carboxylic acids is 1. The summed E-state index contributed by atoms with van der Waals surface area (Å²) in [5.41, 5.74) is 2.74. The molecule has 1 aliphatic rings. The van der Waals surface area contributed by atoms with E-state index in [-0.39, 0.29) is 22.9 Å². The van der Waals surface area contributed by atoms with Crippen molar-refractivity contribution in [2.75, 3.05) is 13.2 Å². The normalized spacial score (nSPS) is 17.3.